The zero-order valence-corrected chi connectivity index (χ0v) is 9.88. The molecule has 86 valence electrons. The molecule has 0 spiro atoms. The third-order valence-corrected chi connectivity index (χ3v) is 5.15. The van der Waals surface area contributed by atoms with Crippen LogP contribution in [0.15, 0.2) is 0 Å². The molecule has 0 bridgehead atoms. The van der Waals surface area contributed by atoms with Gasteiger partial charge in [0.1, 0.15) is 0 Å². The normalized spacial score (nSPS) is 42.8. The van der Waals surface area contributed by atoms with Gasteiger partial charge in [-0.05, 0) is 50.4 Å². The van der Waals surface area contributed by atoms with Crippen molar-refractivity contribution in [2.45, 2.75) is 76.3 Å². The maximum atomic E-state index is 3.99. The summed E-state index contributed by atoms with van der Waals surface area (Å²) in [6, 6.07) is 1.80. The highest BCUT2D eigenvalue weighted by atomic mass is 15.0. The van der Waals surface area contributed by atoms with Gasteiger partial charge in [-0.2, -0.15) is 0 Å². The highest BCUT2D eigenvalue weighted by Gasteiger charge is 2.36. The lowest BCUT2D eigenvalue weighted by Crippen LogP contribution is -2.49. The Morgan fingerprint density at radius 2 is 1.20 bits per heavy atom. The first-order valence-corrected chi connectivity index (χ1v) is 7.19. The highest BCUT2D eigenvalue weighted by Crippen LogP contribution is 2.37. The zero-order chi connectivity index (χ0) is 10.1. The fraction of sp³-hybridized carbons (Fsp3) is 1.00. The van der Waals surface area contributed by atoms with Gasteiger partial charge in [0.05, 0.1) is 0 Å². The van der Waals surface area contributed by atoms with Crippen LogP contribution < -0.4 is 5.32 Å². The largest absolute Gasteiger partial charge is 0.311 e. The summed E-state index contributed by atoms with van der Waals surface area (Å²) in [4.78, 5) is 0. The van der Waals surface area contributed by atoms with Gasteiger partial charge >= 0.3 is 0 Å². The summed E-state index contributed by atoms with van der Waals surface area (Å²) in [7, 11) is 0. The molecule has 2 saturated carbocycles. The van der Waals surface area contributed by atoms with E-state index >= 15 is 0 Å². The lowest BCUT2D eigenvalue weighted by atomic mass is 9.78. The molecule has 0 aromatic heterocycles. The summed E-state index contributed by atoms with van der Waals surface area (Å²) in [6.45, 7) is 0. The maximum absolute atomic E-state index is 3.99. The van der Waals surface area contributed by atoms with Gasteiger partial charge < -0.3 is 5.32 Å². The summed E-state index contributed by atoms with van der Waals surface area (Å²) in [6.07, 6.45) is 15.0. The molecule has 1 nitrogen and oxygen atoms in total. The number of nitrogens with one attached hydrogen (secondary N) is 1. The van der Waals surface area contributed by atoms with E-state index in [4.69, 9.17) is 0 Å². The Bertz CT molecular complexity index is 207. The maximum Gasteiger partial charge on any atom is 0.00981 e. The van der Waals surface area contributed by atoms with Crippen molar-refractivity contribution < 1.29 is 0 Å². The van der Waals surface area contributed by atoms with Gasteiger partial charge in [0, 0.05) is 12.1 Å². The first-order chi connectivity index (χ1) is 7.43. The van der Waals surface area contributed by atoms with E-state index in [0.29, 0.717) is 0 Å². The molecule has 1 N–H and O–H groups in total. The van der Waals surface area contributed by atoms with Crippen molar-refractivity contribution in [3.63, 3.8) is 0 Å². The zero-order valence-electron chi connectivity index (χ0n) is 9.88. The van der Waals surface area contributed by atoms with Crippen LogP contribution in [0.4, 0.5) is 0 Å². The molecule has 3 atom stereocenters. The Hall–Kier alpha value is -0.0400. The van der Waals surface area contributed by atoms with Gasteiger partial charge in [-0.25, -0.2) is 0 Å². The fourth-order valence-corrected chi connectivity index (χ4v) is 4.26. The van der Waals surface area contributed by atoms with Crippen LogP contribution >= 0.6 is 0 Å². The Morgan fingerprint density at radius 3 is 2.07 bits per heavy atom. The van der Waals surface area contributed by atoms with Gasteiger partial charge in [-0.1, -0.05) is 25.7 Å². The number of hydrogen-bond acceptors (Lipinski definition) is 1. The number of rotatable bonds is 1. The van der Waals surface area contributed by atoms with E-state index < -0.39 is 0 Å². The molecule has 0 aromatic rings. The smallest absolute Gasteiger partial charge is 0.00981 e. The van der Waals surface area contributed by atoms with Gasteiger partial charge in [0.15, 0.2) is 0 Å². The Kier molecular flexibility index (Phi) is 3.01. The Morgan fingerprint density at radius 1 is 0.533 bits per heavy atom. The van der Waals surface area contributed by atoms with Crippen LogP contribution in [0.1, 0.15) is 64.2 Å². The van der Waals surface area contributed by atoms with Crippen LogP contribution in [-0.4, -0.2) is 12.1 Å². The summed E-state index contributed by atoms with van der Waals surface area (Å²) in [5.41, 5.74) is 0. The van der Waals surface area contributed by atoms with Gasteiger partial charge in [-0.3, -0.25) is 0 Å². The van der Waals surface area contributed by atoms with Crippen LogP contribution in [0.2, 0.25) is 0 Å². The van der Waals surface area contributed by atoms with Gasteiger partial charge in [0.2, 0.25) is 0 Å². The minimum Gasteiger partial charge on any atom is -0.311 e. The third kappa shape index (κ3) is 2.08. The second-order valence-corrected chi connectivity index (χ2v) is 6.05. The van der Waals surface area contributed by atoms with Crippen molar-refractivity contribution in [3.05, 3.63) is 0 Å². The number of fused-ring (bicyclic) bond motifs is 1. The van der Waals surface area contributed by atoms with Crippen molar-refractivity contribution >= 4 is 0 Å². The molecular weight excluding hydrogens is 182 g/mol. The average molecular weight is 207 g/mol. The van der Waals surface area contributed by atoms with Gasteiger partial charge in [0.25, 0.3) is 0 Å². The standard InChI is InChI=1S/C14H25N/c1-2-5-11(6-3-1)14-10-9-12-7-4-8-13(12)15-14/h11-15H,1-10H2. The lowest BCUT2D eigenvalue weighted by Gasteiger charge is -2.39. The molecule has 1 saturated heterocycles. The minimum absolute atomic E-state index is 0.893. The predicted octanol–water partition coefficient (Wildman–Crippen LogP) is 3.49. The molecule has 3 aliphatic rings. The second-order valence-electron chi connectivity index (χ2n) is 6.05. The summed E-state index contributed by atoms with van der Waals surface area (Å²) < 4.78 is 0. The summed E-state index contributed by atoms with van der Waals surface area (Å²) in [5, 5.41) is 3.99. The van der Waals surface area contributed by atoms with E-state index in [1.807, 2.05) is 0 Å². The van der Waals surface area contributed by atoms with Crippen molar-refractivity contribution in [3.8, 4) is 0 Å². The number of piperidine rings is 1. The molecule has 3 fully saturated rings. The fourth-order valence-electron chi connectivity index (χ4n) is 4.26. The second kappa shape index (κ2) is 4.45. The van der Waals surface area contributed by atoms with Crippen LogP contribution in [0, 0.1) is 11.8 Å². The molecule has 0 radical (unpaired) electrons. The van der Waals surface area contributed by atoms with E-state index in [2.05, 4.69) is 5.32 Å². The van der Waals surface area contributed by atoms with Crippen molar-refractivity contribution in [2.24, 2.45) is 11.8 Å². The highest BCUT2D eigenvalue weighted by molar-refractivity contribution is 4.93. The topological polar surface area (TPSA) is 12.0 Å². The van der Waals surface area contributed by atoms with Crippen molar-refractivity contribution in [1.82, 2.24) is 5.32 Å². The van der Waals surface area contributed by atoms with E-state index in [0.717, 1.165) is 23.9 Å². The lowest BCUT2D eigenvalue weighted by molar-refractivity contribution is 0.177. The monoisotopic (exact) mass is 207 g/mol. The van der Waals surface area contributed by atoms with Crippen LogP contribution in [0.3, 0.4) is 0 Å². The van der Waals surface area contributed by atoms with E-state index in [1.165, 1.54) is 64.2 Å². The molecule has 1 heteroatoms. The first kappa shape index (κ1) is 10.1. The molecule has 3 unspecified atom stereocenters. The predicted molar refractivity (Wildman–Crippen MR) is 63.9 cm³/mol. The molecule has 0 amide bonds. The van der Waals surface area contributed by atoms with E-state index in [1.54, 1.807) is 0 Å². The SMILES string of the molecule is C1CCC(C2CCC3CCCC3N2)CC1. The summed E-state index contributed by atoms with van der Waals surface area (Å²) >= 11 is 0. The van der Waals surface area contributed by atoms with Crippen molar-refractivity contribution in [1.29, 1.82) is 0 Å². The molecule has 3 rings (SSSR count). The van der Waals surface area contributed by atoms with Crippen molar-refractivity contribution in [2.75, 3.05) is 0 Å². The molecule has 0 aromatic carbocycles. The third-order valence-electron chi connectivity index (χ3n) is 5.15. The van der Waals surface area contributed by atoms with E-state index in [9.17, 15) is 0 Å². The van der Waals surface area contributed by atoms with Crippen LogP contribution in [-0.2, 0) is 0 Å². The quantitative estimate of drug-likeness (QED) is 0.694. The molecule has 1 aliphatic heterocycles. The minimum atomic E-state index is 0.893. The summed E-state index contributed by atoms with van der Waals surface area (Å²) in [5.74, 6) is 2.07. The molecular formula is C14H25N. The molecule has 2 aliphatic carbocycles. The number of hydrogen-bond donors (Lipinski definition) is 1. The molecule has 1 heterocycles. The van der Waals surface area contributed by atoms with Gasteiger partial charge in [-0.15, -0.1) is 0 Å². The Balaban J connectivity index is 1.58. The van der Waals surface area contributed by atoms with E-state index in [-0.39, 0.29) is 0 Å². The first-order valence-electron chi connectivity index (χ1n) is 7.19. The van der Waals surface area contributed by atoms with Crippen LogP contribution in [0.25, 0.3) is 0 Å². The molecule has 15 heavy (non-hydrogen) atoms. The average Bonchev–Trinajstić information content (AvgIpc) is 2.77. The van der Waals surface area contributed by atoms with Crippen LogP contribution in [0.5, 0.6) is 0 Å². The Labute approximate surface area is 94.0 Å².